The van der Waals surface area contributed by atoms with Crippen molar-refractivity contribution in [3.05, 3.63) is 48.3 Å². The second-order valence-corrected chi connectivity index (χ2v) is 7.09. The number of hydrogen-bond acceptors (Lipinski definition) is 4. The van der Waals surface area contributed by atoms with Crippen LogP contribution in [0.1, 0.15) is 37.2 Å². The Hall–Kier alpha value is -2.21. The molecule has 0 aliphatic carbocycles. The van der Waals surface area contributed by atoms with Crippen molar-refractivity contribution < 1.29 is 4.79 Å². The van der Waals surface area contributed by atoms with Gasteiger partial charge >= 0.3 is 0 Å². The quantitative estimate of drug-likeness (QED) is 0.834. The second kappa shape index (κ2) is 7.78. The summed E-state index contributed by atoms with van der Waals surface area (Å²) in [5, 5.41) is 0. The Morgan fingerprint density at radius 2 is 2.20 bits per heavy atom. The molecule has 0 unspecified atom stereocenters. The van der Waals surface area contributed by atoms with Crippen molar-refractivity contribution in [2.75, 3.05) is 13.1 Å². The first-order valence-electron chi connectivity index (χ1n) is 8.97. The maximum atomic E-state index is 12.3. The molecule has 134 valence electrons. The third kappa shape index (κ3) is 4.25. The smallest absolute Gasteiger partial charge is 0.224 e. The molecule has 1 fully saturated rings. The van der Waals surface area contributed by atoms with Gasteiger partial charge in [0.05, 0.1) is 12.0 Å². The van der Waals surface area contributed by atoms with Gasteiger partial charge in [-0.2, -0.15) is 0 Å². The molecule has 0 aromatic carbocycles. The Kier molecular flexibility index (Phi) is 5.48. The van der Waals surface area contributed by atoms with Gasteiger partial charge in [-0.25, -0.2) is 4.98 Å². The highest BCUT2D eigenvalue weighted by atomic mass is 16.1. The number of aryl methyl sites for hydroxylation is 2. The van der Waals surface area contributed by atoms with Gasteiger partial charge in [0.2, 0.25) is 5.91 Å². The molecule has 0 bridgehead atoms. The lowest BCUT2D eigenvalue weighted by Gasteiger charge is -2.40. The zero-order valence-corrected chi connectivity index (χ0v) is 14.9. The third-order valence-electron chi connectivity index (χ3n) is 5.28. The zero-order chi connectivity index (χ0) is 17.7. The lowest BCUT2D eigenvalue weighted by molar-refractivity contribution is -0.131. The Labute approximate surface area is 149 Å². The number of pyridine rings is 1. The van der Waals surface area contributed by atoms with E-state index in [0.29, 0.717) is 0 Å². The summed E-state index contributed by atoms with van der Waals surface area (Å²) in [4.78, 5) is 23.4. The molecular formula is C19H27N5O. The van der Waals surface area contributed by atoms with Crippen LogP contribution in [-0.2, 0) is 24.8 Å². The predicted molar refractivity (Wildman–Crippen MR) is 96.5 cm³/mol. The van der Waals surface area contributed by atoms with Gasteiger partial charge in [-0.15, -0.1) is 0 Å². The van der Waals surface area contributed by atoms with Crippen molar-refractivity contribution in [3.63, 3.8) is 0 Å². The number of carbonyl (C=O) groups excluding carboxylic acids is 1. The summed E-state index contributed by atoms with van der Waals surface area (Å²) < 4.78 is 2.03. The van der Waals surface area contributed by atoms with Crippen LogP contribution in [0.5, 0.6) is 0 Å². The summed E-state index contributed by atoms with van der Waals surface area (Å²) in [6.07, 6.45) is 10.1. The lowest BCUT2D eigenvalue weighted by Crippen LogP contribution is -2.50. The fourth-order valence-electron chi connectivity index (χ4n) is 3.79. The van der Waals surface area contributed by atoms with E-state index >= 15 is 0 Å². The maximum Gasteiger partial charge on any atom is 0.224 e. The number of nitrogens with two attached hydrogens (primary N) is 1. The van der Waals surface area contributed by atoms with Crippen molar-refractivity contribution in [3.8, 4) is 0 Å². The molecular weight excluding hydrogens is 314 g/mol. The molecule has 6 heteroatoms. The number of hydrogen-bond donors (Lipinski definition) is 1. The number of likely N-dealkylation sites (tertiary alicyclic amines) is 1. The van der Waals surface area contributed by atoms with Crippen LogP contribution in [0.2, 0.25) is 0 Å². The molecule has 0 radical (unpaired) electrons. The lowest BCUT2D eigenvalue weighted by atomic mass is 9.75. The minimum atomic E-state index is -0.432. The summed E-state index contributed by atoms with van der Waals surface area (Å²) in [5.41, 5.74) is 6.48. The Bertz CT molecular complexity index is 699. The Balaban J connectivity index is 1.62. The largest absolute Gasteiger partial charge is 0.369 e. The average Bonchev–Trinajstić information content (AvgIpc) is 3.01. The molecule has 3 heterocycles. The second-order valence-electron chi connectivity index (χ2n) is 7.09. The Morgan fingerprint density at radius 1 is 1.32 bits per heavy atom. The molecule has 1 saturated heterocycles. The van der Waals surface area contributed by atoms with Crippen molar-refractivity contribution in [1.82, 2.24) is 19.4 Å². The number of primary amides is 1. The molecule has 2 aromatic rings. The standard InChI is InChI=1S/C19H27N5O/c1-23-13-11-22-17(23)14-24-12-5-9-19(15-24,18(20)25)8-4-7-16-6-2-3-10-21-16/h2-3,6,10-11,13H,4-5,7-9,12,14-15H2,1H3,(H2,20,25)/t19-/m1/s1. The van der Waals surface area contributed by atoms with Crippen molar-refractivity contribution in [1.29, 1.82) is 0 Å². The monoisotopic (exact) mass is 341 g/mol. The number of piperidine rings is 1. The number of carbonyl (C=O) groups is 1. The van der Waals surface area contributed by atoms with Gasteiger partial charge in [0.1, 0.15) is 5.82 Å². The summed E-state index contributed by atoms with van der Waals surface area (Å²) in [6.45, 7) is 2.47. The van der Waals surface area contributed by atoms with Crippen molar-refractivity contribution >= 4 is 5.91 Å². The molecule has 1 amide bonds. The van der Waals surface area contributed by atoms with Crippen LogP contribution in [0.25, 0.3) is 0 Å². The molecule has 0 spiro atoms. The summed E-state index contributed by atoms with van der Waals surface area (Å²) in [5.74, 6) is 0.854. The number of imidazole rings is 1. The van der Waals surface area contributed by atoms with E-state index < -0.39 is 5.41 Å². The number of amides is 1. The van der Waals surface area contributed by atoms with Crippen LogP contribution in [0, 0.1) is 5.41 Å². The first-order chi connectivity index (χ1) is 12.1. The average molecular weight is 341 g/mol. The first-order valence-corrected chi connectivity index (χ1v) is 8.97. The van der Waals surface area contributed by atoms with E-state index in [0.717, 1.165) is 63.3 Å². The molecule has 0 saturated carbocycles. The summed E-state index contributed by atoms with van der Waals surface area (Å²) in [6, 6.07) is 5.96. The van der Waals surface area contributed by atoms with Crippen molar-refractivity contribution in [2.24, 2.45) is 18.2 Å². The predicted octanol–water partition coefficient (Wildman–Crippen LogP) is 1.91. The van der Waals surface area contributed by atoms with Crippen LogP contribution < -0.4 is 5.73 Å². The van der Waals surface area contributed by atoms with E-state index in [4.69, 9.17) is 5.73 Å². The topological polar surface area (TPSA) is 77.0 Å². The van der Waals surface area contributed by atoms with Gasteiger partial charge in [0.25, 0.3) is 0 Å². The fraction of sp³-hybridized carbons (Fsp3) is 0.526. The minimum absolute atomic E-state index is 0.168. The fourth-order valence-corrected chi connectivity index (χ4v) is 3.79. The summed E-state index contributed by atoms with van der Waals surface area (Å²) in [7, 11) is 2.00. The van der Waals surface area contributed by atoms with E-state index in [1.807, 2.05) is 48.4 Å². The molecule has 25 heavy (non-hydrogen) atoms. The zero-order valence-electron chi connectivity index (χ0n) is 14.9. The van der Waals surface area contributed by atoms with Gasteiger partial charge in [-0.3, -0.25) is 14.7 Å². The van der Waals surface area contributed by atoms with E-state index in [1.54, 1.807) is 0 Å². The highest BCUT2D eigenvalue weighted by Gasteiger charge is 2.40. The molecule has 6 nitrogen and oxygen atoms in total. The van der Waals surface area contributed by atoms with E-state index in [9.17, 15) is 4.79 Å². The molecule has 3 rings (SSSR count). The highest BCUT2D eigenvalue weighted by molar-refractivity contribution is 5.81. The number of rotatable bonds is 7. The van der Waals surface area contributed by atoms with E-state index in [-0.39, 0.29) is 5.91 Å². The minimum Gasteiger partial charge on any atom is -0.369 e. The van der Waals surface area contributed by atoms with Crippen LogP contribution in [0.4, 0.5) is 0 Å². The van der Waals surface area contributed by atoms with Crippen molar-refractivity contribution in [2.45, 2.75) is 38.6 Å². The van der Waals surface area contributed by atoms with E-state index in [2.05, 4.69) is 14.9 Å². The van der Waals surface area contributed by atoms with Crippen LogP contribution in [-0.4, -0.2) is 38.4 Å². The Morgan fingerprint density at radius 3 is 2.88 bits per heavy atom. The summed E-state index contributed by atoms with van der Waals surface area (Å²) >= 11 is 0. The molecule has 1 atom stereocenters. The van der Waals surface area contributed by atoms with Gasteiger partial charge < -0.3 is 10.3 Å². The molecule has 2 N–H and O–H groups in total. The SMILES string of the molecule is Cn1ccnc1CN1CCC[C@@](CCCc2ccccn2)(C(N)=O)C1. The molecule has 1 aliphatic heterocycles. The van der Waals surface area contributed by atoms with Gasteiger partial charge in [0, 0.05) is 37.9 Å². The van der Waals surface area contributed by atoms with E-state index in [1.165, 1.54) is 0 Å². The van der Waals surface area contributed by atoms with Gasteiger partial charge in [-0.1, -0.05) is 6.07 Å². The van der Waals surface area contributed by atoms with Crippen LogP contribution >= 0.6 is 0 Å². The third-order valence-corrected chi connectivity index (χ3v) is 5.28. The maximum absolute atomic E-state index is 12.3. The highest BCUT2D eigenvalue weighted by Crippen LogP contribution is 2.35. The number of aromatic nitrogens is 3. The molecule has 1 aliphatic rings. The number of nitrogens with zero attached hydrogens (tertiary/aromatic N) is 4. The molecule has 2 aromatic heterocycles. The normalized spacial score (nSPS) is 21.3. The first kappa shape index (κ1) is 17.6. The van der Waals surface area contributed by atoms with Crippen LogP contribution in [0.15, 0.2) is 36.8 Å². The van der Waals surface area contributed by atoms with Gasteiger partial charge in [-0.05, 0) is 50.8 Å². The van der Waals surface area contributed by atoms with Gasteiger partial charge in [0.15, 0.2) is 0 Å². The van der Waals surface area contributed by atoms with Crippen LogP contribution in [0.3, 0.4) is 0 Å².